The second-order valence-electron chi connectivity index (χ2n) is 8.62. The van der Waals surface area contributed by atoms with Crippen LogP contribution in [0.4, 0.5) is 8.78 Å². The maximum atomic E-state index is 13.6. The number of nitrogens with zero attached hydrogens (tertiary/aromatic N) is 1. The molecule has 1 aliphatic heterocycles. The van der Waals surface area contributed by atoms with Gasteiger partial charge in [-0.05, 0) is 56.7 Å². The molecule has 2 aromatic rings. The van der Waals surface area contributed by atoms with E-state index in [0.29, 0.717) is 30.1 Å². The van der Waals surface area contributed by atoms with Crippen LogP contribution in [0.25, 0.3) is 10.9 Å². The Bertz CT molecular complexity index is 864. The second kappa shape index (κ2) is 5.69. The molecule has 0 bridgehead atoms. The van der Waals surface area contributed by atoms with Crippen molar-refractivity contribution in [3.63, 3.8) is 0 Å². The fourth-order valence-electron chi connectivity index (χ4n) is 4.82. The van der Waals surface area contributed by atoms with E-state index < -0.39 is 5.92 Å². The predicted octanol–water partition coefficient (Wildman–Crippen LogP) is 5.64. The molecule has 140 valence electrons. The van der Waals surface area contributed by atoms with Gasteiger partial charge < -0.3 is 9.88 Å². The van der Waals surface area contributed by atoms with Crippen LogP contribution in [0.15, 0.2) is 24.3 Å². The summed E-state index contributed by atoms with van der Waals surface area (Å²) in [6, 6.07) is 7.31. The number of rotatable bonds is 1. The van der Waals surface area contributed by atoms with Gasteiger partial charge in [-0.3, -0.25) is 4.79 Å². The number of aromatic nitrogens is 1. The number of amides is 1. The van der Waals surface area contributed by atoms with Gasteiger partial charge in [0.2, 0.25) is 5.92 Å². The number of hydrogen-bond donors (Lipinski definition) is 1. The molecule has 4 rings (SSSR count). The molecular weight excluding hydrogens is 358 g/mol. The fourth-order valence-corrected chi connectivity index (χ4v) is 5.05. The van der Waals surface area contributed by atoms with Crippen molar-refractivity contribution in [2.75, 3.05) is 6.54 Å². The molecule has 26 heavy (non-hydrogen) atoms. The van der Waals surface area contributed by atoms with Gasteiger partial charge in [-0.15, -0.1) is 0 Å². The summed E-state index contributed by atoms with van der Waals surface area (Å²) in [7, 11) is 0. The largest absolute Gasteiger partial charge is 0.350 e. The van der Waals surface area contributed by atoms with Crippen LogP contribution < -0.4 is 0 Å². The quantitative estimate of drug-likeness (QED) is 0.682. The highest BCUT2D eigenvalue weighted by Gasteiger charge is 2.54. The van der Waals surface area contributed by atoms with Crippen LogP contribution in [-0.4, -0.2) is 33.8 Å². The molecule has 6 heteroatoms. The number of hydrogen-bond acceptors (Lipinski definition) is 1. The molecule has 1 aromatic carbocycles. The van der Waals surface area contributed by atoms with Gasteiger partial charge in [-0.1, -0.05) is 17.7 Å². The maximum absolute atomic E-state index is 13.6. The van der Waals surface area contributed by atoms with Gasteiger partial charge >= 0.3 is 0 Å². The van der Waals surface area contributed by atoms with Crippen LogP contribution in [0.2, 0.25) is 5.02 Å². The lowest BCUT2D eigenvalue weighted by Crippen LogP contribution is -2.43. The zero-order valence-electron chi connectivity index (χ0n) is 15.0. The van der Waals surface area contributed by atoms with E-state index in [2.05, 4.69) is 4.98 Å². The predicted molar refractivity (Wildman–Crippen MR) is 98.9 cm³/mol. The molecule has 1 N–H and O–H groups in total. The lowest BCUT2D eigenvalue weighted by atomic mass is 9.70. The molecule has 1 aromatic heterocycles. The number of likely N-dealkylation sites (tertiary alicyclic amines) is 1. The minimum Gasteiger partial charge on any atom is -0.350 e. The Morgan fingerprint density at radius 3 is 2.54 bits per heavy atom. The number of nitrogens with one attached hydrogen (secondary N) is 1. The lowest BCUT2D eigenvalue weighted by molar-refractivity contribution is -0.0647. The van der Waals surface area contributed by atoms with E-state index in [4.69, 9.17) is 11.6 Å². The van der Waals surface area contributed by atoms with Crippen LogP contribution >= 0.6 is 11.6 Å². The molecule has 1 saturated heterocycles. The lowest BCUT2D eigenvalue weighted by Gasteiger charge is -2.37. The molecule has 0 radical (unpaired) electrons. The van der Waals surface area contributed by atoms with E-state index in [1.165, 1.54) is 0 Å². The van der Waals surface area contributed by atoms with Gasteiger partial charge in [0.25, 0.3) is 5.91 Å². The van der Waals surface area contributed by atoms with Crippen LogP contribution in [0.5, 0.6) is 0 Å². The van der Waals surface area contributed by atoms with Gasteiger partial charge in [0, 0.05) is 40.9 Å². The van der Waals surface area contributed by atoms with Crippen molar-refractivity contribution in [3.8, 4) is 0 Å². The van der Waals surface area contributed by atoms with Gasteiger partial charge in [0.1, 0.15) is 5.69 Å². The Morgan fingerprint density at radius 1 is 1.19 bits per heavy atom. The molecule has 1 saturated carbocycles. The molecular formula is C20H23ClF2N2O. The minimum absolute atomic E-state index is 0.0763. The average molecular weight is 381 g/mol. The van der Waals surface area contributed by atoms with Crippen LogP contribution in [0, 0.1) is 5.41 Å². The standard InChI is InChI=1S/C20H23ClF2N2O/c1-18(2)11-19(6-8-20(22,23)9-7-19)12-25(18)17(26)16-10-13-14(21)4-3-5-15(13)24-16/h3-5,10,24H,6-9,11-12H2,1-2H3. The highest BCUT2D eigenvalue weighted by Crippen LogP contribution is 2.53. The van der Waals surface area contributed by atoms with E-state index in [0.717, 1.165) is 17.3 Å². The van der Waals surface area contributed by atoms with Crippen molar-refractivity contribution < 1.29 is 13.6 Å². The summed E-state index contributed by atoms with van der Waals surface area (Å²) in [5, 5.41) is 1.42. The van der Waals surface area contributed by atoms with Crippen molar-refractivity contribution >= 4 is 28.4 Å². The van der Waals surface area contributed by atoms with Crippen LogP contribution in [0.3, 0.4) is 0 Å². The van der Waals surface area contributed by atoms with E-state index >= 15 is 0 Å². The third kappa shape index (κ3) is 2.90. The summed E-state index contributed by atoms with van der Waals surface area (Å²) in [5.74, 6) is -2.64. The molecule has 3 nitrogen and oxygen atoms in total. The molecule has 0 atom stereocenters. The van der Waals surface area contributed by atoms with Gasteiger partial charge in [0.15, 0.2) is 0 Å². The molecule has 1 amide bonds. The van der Waals surface area contributed by atoms with Crippen molar-refractivity contribution in [1.29, 1.82) is 0 Å². The Labute approximate surface area is 156 Å². The molecule has 2 aliphatic rings. The van der Waals surface area contributed by atoms with E-state index in [9.17, 15) is 13.6 Å². The Hall–Kier alpha value is -1.62. The first-order chi connectivity index (χ1) is 12.1. The molecule has 1 spiro atoms. The summed E-state index contributed by atoms with van der Waals surface area (Å²) < 4.78 is 27.2. The van der Waals surface area contributed by atoms with Crippen LogP contribution in [-0.2, 0) is 0 Å². The second-order valence-corrected chi connectivity index (χ2v) is 9.03. The molecule has 0 unspecified atom stereocenters. The first-order valence-electron chi connectivity index (χ1n) is 9.08. The smallest absolute Gasteiger partial charge is 0.270 e. The minimum atomic E-state index is -2.55. The number of aromatic amines is 1. The summed E-state index contributed by atoms with van der Waals surface area (Å²) >= 11 is 6.22. The monoisotopic (exact) mass is 380 g/mol. The topological polar surface area (TPSA) is 36.1 Å². The highest BCUT2D eigenvalue weighted by atomic mass is 35.5. The first-order valence-corrected chi connectivity index (χ1v) is 9.46. The number of carbonyl (C=O) groups excluding carboxylic acids is 1. The summed E-state index contributed by atoms with van der Waals surface area (Å²) in [5.41, 5.74) is 0.777. The Kier molecular flexibility index (Phi) is 3.89. The molecule has 2 heterocycles. The van der Waals surface area contributed by atoms with Gasteiger partial charge in [0.05, 0.1) is 0 Å². The number of alkyl halides is 2. The van der Waals surface area contributed by atoms with Gasteiger partial charge in [-0.2, -0.15) is 0 Å². The summed E-state index contributed by atoms with van der Waals surface area (Å²) in [4.78, 5) is 18.2. The fraction of sp³-hybridized carbons (Fsp3) is 0.550. The first kappa shape index (κ1) is 17.8. The molecule has 1 aliphatic carbocycles. The average Bonchev–Trinajstić information content (AvgIpc) is 3.10. The van der Waals surface area contributed by atoms with Crippen molar-refractivity contribution in [2.45, 2.75) is 57.4 Å². The molecule has 2 fully saturated rings. The third-order valence-corrected chi connectivity index (χ3v) is 6.49. The number of fused-ring (bicyclic) bond motifs is 1. The third-order valence-electron chi connectivity index (χ3n) is 6.16. The maximum Gasteiger partial charge on any atom is 0.270 e. The number of carbonyl (C=O) groups is 1. The van der Waals surface area contributed by atoms with E-state index in [-0.39, 0.29) is 29.7 Å². The Morgan fingerprint density at radius 2 is 1.88 bits per heavy atom. The van der Waals surface area contributed by atoms with Crippen molar-refractivity contribution in [3.05, 3.63) is 35.0 Å². The number of H-pyrrole nitrogens is 1. The Balaban J connectivity index is 1.62. The summed E-state index contributed by atoms with van der Waals surface area (Å²) in [6.07, 6.45) is 1.57. The van der Waals surface area contributed by atoms with Gasteiger partial charge in [-0.25, -0.2) is 8.78 Å². The van der Waals surface area contributed by atoms with Crippen molar-refractivity contribution in [1.82, 2.24) is 9.88 Å². The zero-order chi connectivity index (χ0) is 18.7. The van der Waals surface area contributed by atoms with Crippen molar-refractivity contribution in [2.24, 2.45) is 5.41 Å². The SMILES string of the molecule is CC1(C)CC2(CCC(F)(F)CC2)CN1C(=O)c1cc2c(Cl)cccc2[nH]1. The van der Waals surface area contributed by atoms with E-state index in [1.54, 1.807) is 12.1 Å². The van der Waals surface area contributed by atoms with Crippen LogP contribution in [0.1, 0.15) is 56.4 Å². The highest BCUT2D eigenvalue weighted by molar-refractivity contribution is 6.35. The van der Waals surface area contributed by atoms with E-state index in [1.807, 2.05) is 30.9 Å². The summed E-state index contributed by atoms with van der Waals surface area (Å²) in [6.45, 7) is 4.60. The zero-order valence-corrected chi connectivity index (χ0v) is 15.8. The number of benzene rings is 1. The number of halogens is 3. The normalized spacial score (nSPS) is 23.7.